The number of fused-ring (bicyclic) bond motifs is 1. The second kappa shape index (κ2) is 5.40. The molecule has 0 saturated carbocycles. The van der Waals surface area contributed by atoms with Crippen LogP contribution in [0.1, 0.15) is 38.4 Å². The smallest absolute Gasteiger partial charge is 0.159 e. The average molecular weight is 307 g/mol. The van der Waals surface area contributed by atoms with Crippen LogP contribution in [0.25, 0.3) is 11.2 Å². The van der Waals surface area contributed by atoms with Crippen molar-refractivity contribution in [2.24, 2.45) is 5.92 Å². The molecule has 1 unspecified atom stereocenters. The van der Waals surface area contributed by atoms with E-state index < -0.39 is 9.84 Å². The van der Waals surface area contributed by atoms with Crippen LogP contribution in [0.4, 0.5) is 0 Å². The van der Waals surface area contributed by atoms with Gasteiger partial charge in [-0.1, -0.05) is 13.8 Å². The van der Waals surface area contributed by atoms with Crippen molar-refractivity contribution in [3.8, 4) is 0 Å². The van der Waals surface area contributed by atoms with Gasteiger partial charge in [0.25, 0.3) is 0 Å². The highest BCUT2D eigenvalue weighted by Crippen LogP contribution is 2.30. The van der Waals surface area contributed by atoms with E-state index in [2.05, 4.69) is 23.4 Å². The number of pyridine rings is 1. The van der Waals surface area contributed by atoms with Crippen molar-refractivity contribution >= 4 is 21.0 Å². The van der Waals surface area contributed by atoms with Gasteiger partial charge in [-0.3, -0.25) is 0 Å². The topological polar surface area (TPSA) is 64.8 Å². The summed E-state index contributed by atoms with van der Waals surface area (Å²) in [7, 11) is -2.94. The summed E-state index contributed by atoms with van der Waals surface area (Å²) < 4.78 is 26.0. The first kappa shape index (κ1) is 14.5. The summed E-state index contributed by atoms with van der Waals surface area (Å²) >= 11 is 0. The summed E-state index contributed by atoms with van der Waals surface area (Å²) in [5.74, 6) is 1.88. The van der Waals surface area contributed by atoms with Gasteiger partial charge in [-0.05, 0) is 30.9 Å². The van der Waals surface area contributed by atoms with E-state index in [0.717, 1.165) is 36.4 Å². The molecular weight excluding hydrogens is 286 g/mol. The molecule has 0 bridgehead atoms. The summed E-state index contributed by atoms with van der Waals surface area (Å²) in [4.78, 5) is 9.13. The van der Waals surface area contributed by atoms with Crippen LogP contribution in [0.3, 0.4) is 0 Å². The Labute approximate surface area is 125 Å². The lowest BCUT2D eigenvalue weighted by atomic mass is 10.0. The van der Waals surface area contributed by atoms with Gasteiger partial charge in [0.05, 0.1) is 11.5 Å². The zero-order valence-corrected chi connectivity index (χ0v) is 13.3. The molecule has 5 nitrogen and oxygen atoms in total. The average Bonchev–Trinajstić information content (AvgIpc) is 2.76. The molecule has 3 rings (SSSR count). The predicted molar refractivity (Wildman–Crippen MR) is 83.0 cm³/mol. The molecule has 114 valence electrons. The summed E-state index contributed by atoms with van der Waals surface area (Å²) in [6, 6.07) is 3.82. The van der Waals surface area contributed by atoms with E-state index in [0.29, 0.717) is 11.7 Å². The third kappa shape index (κ3) is 2.95. The maximum atomic E-state index is 11.9. The quantitative estimate of drug-likeness (QED) is 0.873. The minimum Gasteiger partial charge on any atom is -0.312 e. The Morgan fingerprint density at radius 2 is 2.24 bits per heavy atom. The maximum Gasteiger partial charge on any atom is 0.159 e. The van der Waals surface area contributed by atoms with Crippen LogP contribution in [-0.2, 0) is 16.4 Å². The number of nitrogens with zero attached hydrogens (tertiary/aromatic N) is 3. The Morgan fingerprint density at radius 3 is 2.95 bits per heavy atom. The maximum absolute atomic E-state index is 11.9. The highest BCUT2D eigenvalue weighted by Gasteiger charge is 2.30. The molecule has 1 saturated heterocycles. The van der Waals surface area contributed by atoms with Gasteiger partial charge in [-0.2, -0.15) is 0 Å². The van der Waals surface area contributed by atoms with Gasteiger partial charge in [0.15, 0.2) is 15.5 Å². The normalized spacial score (nSPS) is 22.0. The SMILES string of the molecule is CC(C)Cn1c(C2CCCS(=O)(=O)C2)nc2cccnc21. The highest BCUT2D eigenvalue weighted by atomic mass is 32.2. The van der Waals surface area contributed by atoms with Gasteiger partial charge in [-0.15, -0.1) is 0 Å². The monoisotopic (exact) mass is 307 g/mol. The second-order valence-corrected chi connectivity index (χ2v) is 8.50. The molecule has 2 aromatic rings. The molecule has 6 heteroatoms. The lowest BCUT2D eigenvalue weighted by molar-refractivity contribution is 0.482. The van der Waals surface area contributed by atoms with Crippen molar-refractivity contribution in [1.82, 2.24) is 14.5 Å². The van der Waals surface area contributed by atoms with Gasteiger partial charge < -0.3 is 4.57 Å². The molecular formula is C15H21N3O2S. The van der Waals surface area contributed by atoms with Crippen molar-refractivity contribution in [3.63, 3.8) is 0 Å². The van der Waals surface area contributed by atoms with E-state index in [4.69, 9.17) is 4.98 Å². The molecule has 1 atom stereocenters. The van der Waals surface area contributed by atoms with E-state index in [9.17, 15) is 8.42 Å². The van der Waals surface area contributed by atoms with E-state index >= 15 is 0 Å². The van der Waals surface area contributed by atoms with Gasteiger partial charge in [0.2, 0.25) is 0 Å². The zero-order chi connectivity index (χ0) is 15.0. The lowest BCUT2D eigenvalue weighted by Gasteiger charge is -2.23. The standard InChI is InChI=1S/C15H21N3O2S/c1-11(2)9-18-14(12-5-4-8-21(19,20)10-12)17-13-6-3-7-16-15(13)18/h3,6-7,11-12H,4-5,8-10H2,1-2H3. The van der Waals surface area contributed by atoms with Crippen LogP contribution >= 0.6 is 0 Å². The van der Waals surface area contributed by atoms with E-state index in [-0.39, 0.29) is 11.7 Å². The van der Waals surface area contributed by atoms with Crippen LogP contribution in [0, 0.1) is 5.92 Å². The van der Waals surface area contributed by atoms with E-state index in [1.54, 1.807) is 6.20 Å². The first-order valence-electron chi connectivity index (χ1n) is 7.48. The Morgan fingerprint density at radius 1 is 1.43 bits per heavy atom. The van der Waals surface area contributed by atoms with Crippen molar-refractivity contribution in [2.45, 2.75) is 39.2 Å². The number of hydrogen-bond acceptors (Lipinski definition) is 4. The van der Waals surface area contributed by atoms with Gasteiger partial charge >= 0.3 is 0 Å². The number of rotatable bonds is 3. The molecule has 3 heterocycles. The Kier molecular flexibility index (Phi) is 3.73. The summed E-state index contributed by atoms with van der Waals surface area (Å²) in [5, 5.41) is 0. The van der Waals surface area contributed by atoms with E-state index in [1.807, 2.05) is 12.1 Å². The zero-order valence-electron chi connectivity index (χ0n) is 12.5. The van der Waals surface area contributed by atoms with Gasteiger partial charge in [-0.25, -0.2) is 18.4 Å². The van der Waals surface area contributed by atoms with Crippen LogP contribution in [0.5, 0.6) is 0 Å². The number of imidazole rings is 1. The Hall–Kier alpha value is -1.43. The molecule has 2 aromatic heterocycles. The van der Waals surface area contributed by atoms with Gasteiger partial charge in [0, 0.05) is 18.7 Å². The molecule has 0 aromatic carbocycles. The number of aromatic nitrogens is 3. The van der Waals surface area contributed by atoms with Crippen LogP contribution in [0.15, 0.2) is 18.3 Å². The van der Waals surface area contributed by atoms with Crippen LogP contribution in [0.2, 0.25) is 0 Å². The minimum absolute atomic E-state index is 0.00306. The third-order valence-corrected chi connectivity index (χ3v) is 5.73. The van der Waals surface area contributed by atoms with Crippen molar-refractivity contribution in [3.05, 3.63) is 24.2 Å². The summed E-state index contributed by atoms with van der Waals surface area (Å²) in [6.07, 6.45) is 3.38. The fraction of sp³-hybridized carbons (Fsp3) is 0.600. The molecule has 0 N–H and O–H groups in total. The number of sulfone groups is 1. The predicted octanol–water partition coefficient (Wildman–Crippen LogP) is 2.38. The fourth-order valence-electron chi connectivity index (χ4n) is 3.06. The molecule has 21 heavy (non-hydrogen) atoms. The molecule has 0 aliphatic carbocycles. The van der Waals surface area contributed by atoms with Crippen molar-refractivity contribution in [1.29, 1.82) is 0 Å². The summed E-state index contributed by atoms with van der Waals surface area (Å²) in [6.45, 7) is 5.12. The van der Waals surface area contributed by atoms with Crippen molar-refractivity contribution < 1.29 is 8.42 Å². The fourth-order valence-corrected chi connectivity index (χ4v) is 4.76. The first-order chi connectivity index (χ1) is 9.96. The van der Waals surface area contributed by atoms with Crippen molar-refractivity contribution in [2.75, 3.05) is 11.5 Å². The largest absolute Gasteiger partial charge is 0.312 e. The highest BCUT2D eigenvalue weighted by molar-refractivity contribution is 7.91. The third-order valence-electron chi connectivity index (χ3n) is 3.91. The molecule has 0 spiro atoms. The lowest BCUT2D eigenvalue weighted by Crippen LogP contribution is -2.26. The van der Waals surface area contributed by atoms with Gasteiger partial charge in [0.1, 0.15) is 11.3 Å². The van der Waals surface area contributed by atoms with E-state index in [1.165, 1.54) is 0 Å². The molecule has 0 amide bonds. The van der Waals surface area contributed by atoms with Crippen LogP contribution < -0.4 is 0 Å². The van der Waals surface area contributed by atoms with Crippen LogP contribution in [-0.4, -0.2) is 34.5 Å². The second-order valence-electron chi connectivity index (χ2n) is 6.27. The Balaban J connectivity index is 2.08. The Bertz CT molecular complexity index is 749. The summed E-state index contributed by atoms with van der Waals surface area (Å²) in [5.41, 5.74) is 1.72. The number of hydrogen-bond donors (Lipinski definition) is 0. The molecule has 0 radical (unpaired) electrons. The molecule has 1 aliphatic rings. The molecule has 1 fully saturated rings. The first-order valence-corrected chi connectivity index (χ1v) is 9.30. The minimum atomic E-state index is -2.94. The molecule has 1 aliphatic heterocycles.